The molecule has 0 saturated carbocycles. The first kappa shape index (κ1) is 26.3. The Morgan fingerprint density at radius 1 is 0.604 bits per heavy atom. The van der Waals surface area contributed by atoms with Crippen molar-refractivity contribution < 1.29 is 4.42 Å². The first-order chi connectivity index (χ1) is 23.5. The molecule has 48 heavy (non-hydrogen) atoms. The van der Waals surface area contributed by atoms with Crippen LogP contribution in [0.1, 0.15) is 30.5 Å². The minimum Gasteiger partial charge on any atom is -0.456 e. The molecule has 0 aliphatic carbocycles. The highest BCUT2D eigenvalue weighted by atomic mass is 16.3. The number of furan rings is 1. The minimum absolute atomic E-state index is 0.0456. The molecule has 0 amide bonds. The number of aryl methyl sites for hydroxylation is 1. The van der Waals surface area contributed by atoms with Gasteiger partial charge in [-0.3, -0.25) is 0 Å². The largest absolute Gasteiger partial charge is 0.456 e. The predicted molar refractivity (Wildman–Crippen MR) is 202 cm³/mol. The molecular formula is C44H31BN2O. The number of hydrogen-bond donors (Lipinski definition) is 0. The van der Waals surface area contributed by atoms with Crippen LogP contribution >= 0.6 is 0 Å². The van der Waals surface area contributed by atoms with Crippen molar-refractivity contribution in [1.82, 2.24) is 0 Å². The Kier molecular flexibility index (Phi) is 4.93. The number of para-hydroxylation sites is 3. The smallest absolute Gasteiger partial charge is 0.333 e. The van der Waals surface area contributed by atoms with Crippen LogP contribution in [0.5, 0.6) is 0 Å². The Hall–Kier alpha value is -5.74. The molecule has 8 aromatic rings. The minimum atomic E-state index is -0.156. The van der Waals surface area contributed by atoms with Gasteiger partial charge >= 0.3 is 6.85 Å². The summed E-state index contributed by atoms with van der Waals surface area (Å²) in [5.74, 6) is 0. The summed E-state index contributed by atoms with van der Waals surface area (Å²) in [6.45, 7) is 6.97. The summed E-state index contributed by atoms with van der Waals surface area (Å²) in [7, 11) is 0. The molecule has 0 spiro atoms. The van der Waals surface area contributed by atoms with E-state index in [1.54, 1.807) is 0 Å². The van der Waals surface area contributed by atoms with Gasteiger partial charge in [0.1, 0.15) is 11.2 Å². The quantitative estimate of drug-likeness (QED) is 0.172. The normalized spacial score (nSPS) is 15.0. The van der Waals surface area contributed by atoms with Crippen LogP contribution in [0.4, 0.5) is 28.4 Å². The van der Waals surface area contributed by atoms with Gasteiger partial charge in [-0.15, -0.1) is 0 Å². The fourth-order valence-corrected chi connectivity index (χ4v) is 9.24. The monoisotopic (exact) mass is 614 g/mol. The topological polar surface area (TPSA) is 19.6 Å². The fraction of sp³-hybridized carbons (Fsp3) is 0.0909. The van der Waals surface area contributed by atoms with Gasteiger partial charge in [0.2, 0.25) is 0 Å². The number of fused-ring (bicyclic) bond motifs is 11. The summed E-state index contributed by atoms with van der Waals surface area (Å²) in [6, 6.07) is 49.4. The Morgan fingerprint density at radius 2 is 1.33 bits per heavy atom. The lowest BCUT2D eigenvalue weighted by Gasteiger charge is -2.50. The van der Waals surface area contributed by atoms with Gasteiger partial charge in [0.05, 0.1) is 11.1 Å². The van der Waals surface area contributed by atoms with Crippen LogP contribution in [0.2, 0.25) is 0 Å². The van der Waals surface area contributed by atoms with Crippen LogP contribution in [0.15, 0.2) is 138 Å². The maximum atomic E-state index is 6.50. The molecule has 0 saturated heterocycles. The molecular weight excluding hydrogens is 583 g/mol. The summed E-state index contributed by atoms with van der Waals surface area (Å²) >= 11 is 0. The van der Waals surface area contributed by atoms with Crippen molar-refractivity contribution in [2.45, 2.75) is 26.2 Å². The van der Waals surface area contributed by atoms with Crippen LogP contribution in [0.25, 0.3) is 43.8 Å². The molecule has 0 fully saturated rings. The van der Waals surface area contributed by atoms with E-state index in [0.717, 1.165) is 27.6 Å². The van der Waals surface area contributed by atoms with E-state index in [1.807, 2.05) is 0 Å². The van der Waals surface area contributed by atoms with E-state index in [-0.39, 0.29) is 12.3 Å². The van der Waals surface area contributed by atoms with Crippen LogP contribution in [0, 0.1) is 6.92 Å². The summed E-state index contributed by atoms with van der Waals surface area (Å²) in [5.41, 5.74) is 17.2. The van der Waals surface area contributed by atoms with E-state index in [9.17, 15) is 0 Å². The van der Waals surface area contributed by atoms with Crippen LogP contribution < -0.4 is 20.6 Å². The molecule has 4 heterocycles. The van der Waals surface area contributed by atoms with Crippen molar-refractivity contribution in [1.29, 1.82) is 0 Å². The van der Waals surface area contributed by atoms with E-state index >= 15 is 0 Å². The molecule has 3 aliphatic rings. The highest BCUT2D eigenvalue weighted by Gasteiger charge is 2.49. The molecule has 0 atom stereocenters. The Labute approximate surface area is 279 Å². The molecule has 7 aromatic carbocycles. The second-order valence-corrected chi connectivity index (χ2v) is 14.2. The summed E-state index contributed by atoms with van der Waals surface area (Å²) in [6.07, 6.45) is 0. The molecule has 1 aromatic heterocycles. The molecule has 0 radical (unpaired) electrons. The van der Waals surface area contributed by atoms with Crippen molar-refractivity contribution in [3.63, 3.8) is 0 Å². The van der Waals surface area contributed by atoms with Gasteiger partial charge < -0.3 is 14.1 Å². The van der Waals surface area contributed by atoms with Crippen molar-refractivity contribution in [3.8, 4) is 11.1 Å². The number of hydrogen-bond acceptors (Lipinski definition) is 3. The standard InChI is InChI=1S/C44H31BN2O/c1-26-24-30-40-28-13-5-4-12-27(28)22-23-36(40)47(35-19-11-21-39-41(35)29-14-6-9-20-38(29)48-39)45-33-17-10-16-32-43(33)46(37(25-26)42(30)45)34-18-8-7-15-31(34)44(32,2)3/h4-25H,1-3H3. The van der Waals surface area contributed by atoms with Gasteiger partial charge in [-0.2, -0.15) is 0 Å². The Morgan fingerprint density at radius 3 is 2.25 bits per heavy atom. The molecule has 3 nitrogen and oxygen atoms in total. The van der Waals surface area contributed by atoms with E-state index < -0.39 is 0 Å². The third kappa shape index (κ3) is 3.16. The lowest BCUT2D eigenvalue weighted by Crippen LogP contribution is -2.62. The summed E-state index contributed by atoms with van der Waals surface area (Å²) < 4.78 is 6.50. The second-order valence-electron chi connectivity index (χ2n) is 14.2. The van der Waals surface area contributed by atoms with Gasteiger partial charge in [-0.25, -0.2) is 0 Å². The number of benzene rings is 7. The molecule has 0 unspecified atom stereocenters. The van der Waals surface area contributed by atoms with Crippen molar-refractivity contribution in [2.75, 3.05) is 9.71 Å². The van der Waals surface area contributed by atoms with E-state index in [0.29, 0.717) is 0 Å². The molecule has 3 aliphatic heterocycles. The lowest BCUT2D eigenvalue weighted by atomic mass is 9.42. The number of anilines is 5. The third-order valence-electron chi connectivity index (χ3n) is 11.2. The average molecular weight is 615 g/mol. The second kappa shape index (κ2) is 8.99. The first-order valence-electron chi connectivity index (χ1n) is 16.9. The molecule has 4 heteroatoms. The fourth-order valence-electron chi connectivity index (χ4n) is 9.24. The molecule has 0 N–H and O–H groups in total. The third-order valence-corrected chi connectivity index (χ3v) is 11.2. The van der Waals surface area contributed by atoms with E-state index in [4.69, 9.17) is 4.42 Å². The van der Waals surface area contributed by atoms with Gasteiger partial charge in [0.25, 0.3) is 0 Å². The molecule has 11 rings (SSSR count). The number of nitrogens with zero attached hydrogens (tertiary/aromatic N) is 2. The van der Waals surface area contributed by atoms with Crippen molar-refractivity contribution in [2.24, 2.45) is 0 Å². The zero-order chi connectivity index (χ0) is 31.9. The van der Waals surface area contributed by atoms with Gasteiger partial charge in [0.15, 0.2) is 0 Å². The summed E-state index contributed by atoms with van der Waals surface area (Å²) in [5, 5.41) is 4.82. The maximum Gasteiger partial charge on any atom is 0.333 e. The SMILES string of the molecule is Cc1cc2c3c(c1)N1c4ccccc4C(C)(C)c4cccc(c41)B3N(c1cccc3oc4ccccc4c13)c1ccc3ccccc3c1-2. The summed E-state index contributed by atoms with van der Waals surface area (Å²) in [4.78, 5) is 5.21. The van der Waals surface area contributed by atoms with Gasteiger partial charge in [-0.1, -0.05) is 111 Å². The van der Waals surface area contributed by atoms with Gasteiger partial charge in [-0.05, 0) is 87.3 Å². The number of rotatable bonds is 1. The maximum absolute atomic E-state index is 6.50. The molecule has 226 valence electrons. The zero-order valence-corrected chi connectivity index (χ0v) is 27.1. The molecule has 0 bridgehead atoms. The van der Waals surface area contributed by atoms with Crippen LogP contribution in [-0.4, -0.2) is 6.85 Å². The lowest BCUT2D eigenvalue weighted by molar-refractivity contribution is 0.632. The van der Waals surface area contributed by atoms with Crippen LogP contribution in [-0.2, 0) is 5.41 Å². The van der Waals surface area contributed by atoms with Crippen molar-refractivity contribution in [3.05, 3.63) is 150 Å². The predicted octanol–water partition coefficient (Wildman–Crippen LogP) is 10.4. The Balaban J connectivity index is 1.34. The van der Waals surface area contributed by atoms with Gasteiger partial charge in [0, 0.05) is 39.1 Å². The van der Waals surface area contributed by atoms with Crippen LogP contribution in [0.3, 0.4) is 0 Å². The highest BCUT2D eigenvalue weighted by molar-refractivity contribution is 6.94. The first-order valence-corrected chi connectivity index (χ1v) is 16.9. The van der Waals surface area contributed by atoms with E-state index in [2.05, 4.69) is 164 Å². The zero-order valence-electron chi connectivity index (χ0n) is 27.1. The Bertz CT molecular complexity index is 2700. The van der Waals surface area contributed by atoms with E-state index in [1.165, 1.54) is 72.3 Å². The average Bonchev–Trinajstić information content (AvgIpc) is 3.50. The van der Waals surface area contributed by atoms with Crippen molar-refractivity contribution >= 4 is 78.9 Å². The highest BCUT2D eigenvalue weighted by Crippen LogP contribution is 2.55.